The second-order valence-electron chi connectivity index (χ2n) is 5.31. The summed E-state index contributed by atoms with van der Waals surface area (Å²) < 4.78 is 5.23. The predicted molar refractivity (Wildman–Crippen MR) is 95.9 cm³/mol. The molecule has 0 aliphatic rings. The summed E-state index contributed by atoms with van der Waals surface area (Å²) in [4.78, 5) is 14.1. The summed E-state index contributed by atoms with van der Waals surface area (Å²) in [5.41, 5.74) is 4.29. The van der Waals surface area contributed by atoms with Crippen LogP contribution in [-0.2, 0) is 4.74 Å². The van der Waals surface area contributed by atoms with E-state index >= 15 is 0 Å². The smallest absolute Gasteiger partial charge is 0.348 e. The van der Waals surface area contributed by atoms with Crippen molar-refractivity contribution in [3.63, 3.8) is 0 Å². The topological polar surface area (TPSA) is 26.3 Å². The summed E-state index contributed by atoms with van der Waals surface area (Å²) in [6.45, 7) is 4.26. The molecule has 0 aliphatic carbocycles. The Bertz CT molecular complexity index is 801. The van der Waals surface area contributed by atoms with E-state index in [4.69, 9.17) is 4.74 Å². The Morgan fingerprint density at radius 3 is 2.35 bits per heavy atom. The van der Waals surface area contributed by atoms with Crippen LogP contribution >= 0.6 is 11.3 Å². The number of esters is 1. The highest BCUT2D eigenvalue weighted by atomic mass is 32.1. The molecule has 0 spiro atoms. The summed E-state index contributed by atoms with van der Waals surface area (Å²) in [7, 11) is 0. The van der Waals surface area contributed by atoms with Crippen LogP contribution in [0, 0.1) is 6.92 Å². The minimum absolute atomic E-state index is 0.254. The van der Waals surface area contributed by atoms with E-state index in [9.17, 15) is 4.79 Å². The number of rotatable bonds is 4. The number of carbonyl (C=O) groups excluding carboxylic acids is 1. The molecule has 0 unspecified atom stereocenters. The second kappa shape index (κ2) is 6.80. The first-order chi connectivity index (χ1) is 11.2. The van der Waals surface area contributed by atoms with Gasteiger partial charge in [-0.2, -0.15) is 0 Å². The highest BCUT2D eigenvalue weighted by Gasteiger charge is 2.19. The van der Waals surface area contributed by atoms with E-state index in [0.717, 1.165) is 21.6 Å². The molecule has 2 aromatic carbocycles. The lowest BCUT2D eigenvalue weighted by Gasteiger charge is -2.04. The van der Waals surface area contributed by atoms with Gasteiger partial charge in [0, 0.05) is 10.4 Å². The summed E-state index contributed by atoms with van der Waals surface area (Å²) in [5, 5.41) is 0. The average molecular weight is 322 g/mol. The van der Waals surface area contributed by atoms with Crippen molar-refractivity contribution in [3.8, 4) is 21.6 Å². The maximum absolute atomic E-state index is 12.3. The van der Waals surface area contributed by atoms with Gasteiger partial charge in [-0.15, -0.1) is 11.3 Å². The molecule has 116 valence electrons. The van der Waals surface area contributed by atoms with Crippen LogP contribution in [0.15, 0.2) is 60.7 Å². The van der Waals surface area contributed by atoms with E-state index in [1.165, 1.54) is 16.9 Å². The van der Waals surface area contributed by atoms with Gasteiger partial charge in [0.2, 0.25) is 0 Å². The maximum atomic E-state index is 12.3. The molecular weight excluding hydrogens is 304 g/mol. The third-order valence-electron chi connectivity index (χ3n) is 3.61. The summed E-state index contributed by atoms with van der Waals surface area (Å²) in [6.07, 6.45) is 0. The minimum atomic E-state index is -0.254. The third kappa shape index (κ3) is 3.35. The Morgan fingerprint density at radius 2 is 1.70 bits per heavy atom. The number of benzene rings is 2. The monoisotopic (exact) mass is 322 g/mol. The average Bonchev–Trinajstić information content (AvgIpc) is 3.02. The number of carbonyl (C=O) groups is 1. The lowest BCUT2D eigenvalue weighted by molar-refractivity contribution is 0.0533. The molecule has 0 N–H and O–H groups in total. The number of hydrogen-bond acceptors (Lipinski definition) is 3. The van der Waals surface area contributed by atoms with E-state index in [0.29, 0.717) is 11.5 Å². The number of thiophene rings is 1. The number of ether oxygens (including phenoxy) is 1. The van der Waals surface area contributed by atoms with Crippen molar-refractivity contribution in [2.24, 2.45) is 0 Å². The van der Waals surface area contributed by atoms with E-state index in [-0.39, 0.29) is 5.97 Å². The number of aryl methyl sites for hydroxylation is 1. The van der Waals surface area contributed by atoms with Crippen molar-refractivity contribution in [2.45, 2.75) is 13.8 Å². The van der Waals surface area contributed by atoms with Crippen LogP contribution in [0.2, 0.25) is 0 Å². The van der Waals surface area contributed by atoms with Crippen LogP contribution in [0.3, 0.4) is 0 Å². The van der Waals surface area contributed by atoms with Gasteiger partial charge in [0.15, 0.2) is 0 Å². The van der Waals surface area contributed by atoms with Crippen molar-refractivity contribution < 1.29 is 9.53 Å². The number of hydrogen-bond donors (Lipinski definition) is 0. The molecular formula is C20H18O2S. The molecule has 3 rings (SSSR count). The fourth-order valence-electron chi connectivity index (χ4n) is 2.43. The predicted octanol–water partition coefficient (Wildman–Crippen LogP) is 5.57. The van der Waals surface area contributed by atoms with Crippen LogP contribution in [0.1, 0.15) is 22.2 Å². The molecule has 0 fully saturated rings. The Kier molecular flexibility index (Phi) is 4.58. The van der Waals surface area contributed by atoms with Gasteiger partial charge in [-0.25, -0.2) is 4.79 Å². The fraction of sp³-hybridized carbons (Fsp3) is 0.150. The zero-order chi connectivity index (χ0) is 16.2. The van der Waals surface area contributed by atoms with Gasteiger partial charge in [-0.3, -0.25) is 0 Å². The first-order valence-electron chi connectivity index (χ1n) is 7.62. The van der Waals surface area contributed by atoms with Crippen LogP contribution in [0.25, 0.3) is 21.6 Å². The maximum Gasteiger partial charge on any atom is 0.348 e. The van der Waals surface area contributed by atoms with Gasteiger partial charge < -0.3 is 4.74 Å². The van der Waals surface area contributed by atoms with Crippen LogP contribution in [-0.4, -0.2) is 12.6 Å². The molecule has 0 saturated heterocycles. The molecule has 1 aromatic heterocycles. The van der Waals surface area contributed by atoms with Crippen LogP contribution in [0.5, 0.6) is 0 Å². The third-order valence-corrected chi connectivity index (χ3v) is 4.78. The molecule has 0 amide bonds. The van der Waals surface area contributed by atoms with Crippen molar-refractivity contribution in [2.75, 3.05) is 6.61 Å². The molecule has 3 heteroatoms. The van der Waals surface area contributed by atoms with Crippen molar-refractivity contribution >= 4 is 17.3 Å². The molecule has 0 aliphatic heterocycles. The van der Waals surface area contributed by atoms with Crippen molar-refractivity contribution in [1.29, 1.82) is 0 Å². The molecule has 2 nitrogen and oxygen atoms in total. The quantitative estimate of drug-likeness (QED) is 0.587. The van der Waals surface area contributed by atoms with E-state index in [1.54, 1.807) is 0 Å². The van der Waals surface area contributed by atoms with E-state index in [2.05, 4.69) is 49.4 Å². The minimum Gasteiger partial charge on any atom is -0.462 e. The van der Waals surface area contributed by atoms with Crippen molar-refractivity contribution in [3.05, 3.63) is 71.1 Å². The van der Waals surface area contributed by atoms with Gasteiger partial charge >= 0.3 is 5.97 Å². The lowest BCUT2D eigenvalue weighted by atomic mass is 10.0. The van der Waals surface area contributed by atoms with Crippen molar-refractivity contribution in [1.82, 2.24) is 0 Å². The molecule has 0 saturated carbocycles. The zero-order valence-electron chi connectivity index (χ0n) is 13.2. The zero-order valence-corrected chi connectivity index (χ0v) is 14.0. The van der Waals surface area contributed by atoms with E-state index in [1.807, 2.05) is 25.1 Å². The molecule has 23 heavy (non-hydrogen) atoms. The first-order valence-corrected chi connectivity index (χ1v) is 8.44. The standard InChI is InChI=1S/C20H18O2S/c1-3-22-20(21)19-17(15-11-9-14(2)10-12-15)13-18(23-19)16-7-5-4-6-8-16/h4-13H,3H2,1-2H3. The van der Waals surface area contributed by atoms with E-state index < -0.39 is 0 Å². The molecule has 0 atom stereocenters. The SMILES string of the molecule is CCOC(=O)c1sc(-c2ccccc2)cc1-c1ccc(C)cc1. The Balaban J connectivity index is 2.10. The fourth-order valence-corrected chi connectivity index (χ4v) is 3.51. The normalized spacial score (nSPS) is 10.5. The molecule has 1 heterocycles. The molecule has 0 bridgehead atoms. The van der Waals surface area contributed by atoms with Gasteiger partial charge in [-0.1, -0.05) is 60.2 Å². The van der Waals surface area contributed by atoms with Crippen LogP contribution < -0.4 is 0 Å². The molecule has 0 radical (unpaired) electrons. The van der Waals surface area contributed by atoms with Crippen LogP contribution in [0.4, 0.5) is 0 Å². The molecule has 3 aromatic rings. The second-order valence-corrected chi connectivity index (χ2v) is 6.36. The Morgan fingerprint density at radius 1 is 1.00 bits per heavy atom. The highest BCUT2D eigenvalue weighted by molar-refractivity contribution is 7.17. The van der Waals surface area contributed by atoms with Gasteiger partial charge in [0.25, 0.3) is 0 Å². The lowest BCUT2D eigenvalue weighted by Crippen LogP contribution is -2.03. The highest BCUT2D eigenvalue weighted by Crippen LogP contribution is 2.37. The summed E-state index contributed by atoms with van der Waals surface area (Å²) in [5.74, 6) is -0.254. The van der Waals surface area contributed by atoms with Gasteiger partial charge in [0.1, 0.15) is 4.88 Å². The Labute approximate surface area is 140 Å². The summed E-state index contributed by atoms with van der Waals surface area (Å²) >= 11 is 1.49. The van der Waals surface area contributed by atoms with Gasteiger partial charge in [-0.05, 0) is 31.0 Å². The first kappa shape index (κ1) is 15.5. The van der Waals surface area contributed by atoms with Gasteiger partial charge in [0.05, 0.1) is 6.61 Å². The Hall–Kier alpha value is -2.39. The summed E-state index contributed by atoms with van der Waals surface area (Å²) in [6, 6.07) is 20.4. The largest absolute Gasteiger partial charge is 0.462 e.